The molecule has 1 aliphatic carbocycles. The van der Waals surface area contributed by atoms with Crippen molar-refractivity contribution in [3.63, 3.8) is 0 Å². The number of ether oxygens (including phenoxy) is 1. The minimum atomic E-state index is -0.151. The zero-order valence-corrected chi connectivity index (χ0v) is 9.79. The van der Waals surface area contributed by atoms with Crippen LogP contribution in [0.15, 0.2) is 24.3 Å². The molecule has 0 aliphatic heterocycles. The van der Waals surface area contributed by atoms with E-state index in [1.54, 1.807) is 19.2 Å². The van der Waals surface area contributed by atoms with Gasteiger partial charge in [0.15, 0.2) is 0 Å². The van der Waals surface area contributed by atoms with Gasteiger partial charge in [-0.05, 0) is 49.0 Å². The predicted octanol–water partition coefficient (Wildman–Crippen LogP) is 4.04. The summed E-state index contributed by atoms with van der Waals surface area (Å²) in [6, 6.07) is 4.93. The van der Waals surface area contributed by atoms with E-state index < -0.39 is 0 Å². The van der Waals surface area contributed by atoms with Crippen LogP contribution in [0.1, 0.15) is 31.7 Å². The monoisotopic (exact) mass is 220 g/mol. The first kappa shape index (κ1) is 11.2. The standard InChI is InChI=1S/C14H17FO/c1-10-3-5-11(6-4-10)13-9-12(16-2)7-8-14(13)15/h5,7-10H,3-4,6H2,1-2H3. The van der Waals surface area contributed by atoms with Gasteiger partial charge in [0.1, 0.15) is 11.6 Å². The molecular formula is C14H17FO. The maximum absolute atomic E-state index is 13.7. The van der Waals surface area contributed by atoms with Gasteiger partial charge in [0.05, 0.1) is 7.11 Å². The molecule has 1 aromatic rings. The summed E-state index contributed by atoms with van der Waals surface area (Å²) in [4.78, 5) is 0. The Morgan fingerprint density at radius 1 is 1.38 bits per heavy atom. The van der Waals surface area contributed by atoms with E-state index in [2.05, 4.69) is 13.0 Å². The summed E-state index contributed by atoms with van der Waals surface area (Å²) >= 11 is 0. The second-order valence-corrected chi connectivity index (χ2v) is 4.45. The first-order chi connectivity index (χ1) is 7.70. The van der Waals surface area contributed by atoms with Gasteiger partial charge in [-0.25, -0.2) is 4.39 Å². The van der Waals surface area contributed by atoms with Crippen LogP contribution in [-0.2, 0) is 0 Å². The van der Waals surface area contributed by atoms with Gasteiger partial charge in [0.2, 0.25) is 0 Å². The van der Waals surface area contributed by atoms with E-state index in [0.717, 1.165) is 36.5 Å². The smallest absolute Gasteiger partial charge is 0.130 e. The van der Waals surface area contributed by atoms with E-state index in [4.69, 9.17) is 4.74 Å². The van der Waals surface area contributed by atoms with Gasteiger partial charge in [-0.3, -0.25) is 0 Å². The number of benzene rings is 1. The van der Waals surface area contributed by atoms with Gasteiger partial charge in [0.25, 0.3) is 0 Å². The van der Waals surface area contributed by atoms with Gasteiger partial charge < -0.3 is 4.74 Å². The first-order valence-corrected chi connectivity index (χ1v) is 5.73. The van der Waals surface area contributed by atoms with Crippen LogP contribution in [0.2, 0.25) is 0 Å². The van der Waals surface area contributed by atoms with E-state index in [1.165, 1.54) is 6.07 Å². The summed E-state index contributed by atoms with van der Waals surface area (Å²) in [5, 5.41) is 0. The third-order valence-corrected chi connectivity index (χ3v) is 3.19. The highest BCUT2D eigenvalue weighted by atomic mass is 19.1. The molecule has 2 heteroatoms. The number of rotatable bonds is 2. The molecule has 0 heterocycles. The average Bonchev–Trinajstić information content (AvgIpc) is 2.31. The first-order valence-electron chi connectivity index (χ1n) is 5.73. The fraction of sp³-hybridized carbons (Fsp3) is 0.429. The molecule has 1 nitrogen and oxygen atoms in total. The molecule has 0 saturated carbocycles. The molecule has 0 spiro atoms. The Morgan fingerprint density at radius 2 is 2.19 bits per heavy atom. The summed E-state index contributed by atoms with van der Waals surface area (Å²) in [7, 11) is 1.61. The lowest BCUT2D eigenvalue weighted by Crippen LogP contribution is -2.02. The molecule has 1 aromatic carbocycles. The van der Waals surface area contributed by atoms with Crippen molar-refractivity contribution in [2.24, 2.45) is 5.92 Å². The quantitative estimate of drug-likeness (QED) is 0.731. The molecule has 0 N–H and O–H groups in total. The number of hydrogen-bond acceptors (Lipinski definition) is 1. The Bertz CT molecular complexity index is 409. The largest absolute Gasteiger partial charge is 0.497 e. The average molecular weight is 220 g/mol. The summed E-state index contributed by atoms with van der Waals surface area (Å²) < 4.78 is 18.8. The van der Waals surface area contributed by atoms with Crippen LogP contribution in [0.25, 0.3) is 5.57 Å². The predicted molar refractivity (Wildman–Crippen MR) is 63.9 cm³/mol. The highest BCUT2D eigenvalue weighted by molar-refractivity contribution is 5.67. The lowest BCUT2D eigenvalue weighted by molar-refractivity contribution is 0.413. The van der Waals surface area contributed by atoms with E-state index in [-0.39, 0.29) is 5.82 Å². The molecule has 0 bridgehead atoms. The Morgan fingerprint density at radius 3 is 2.81 bits per heavy atom. The molecule has 1 unspecified atom stereocenters. The van der Waals surface area contributed by atoms with Crippen LogP contribution in [-0.4, -0.2) is 7.11 Å². The summed E-state index contributed by atoms with van der Waals surface area (Å²) in [5.74, 6) is 1.29. The van der Waals surface area contributed by atoms with Crippen LogP contribution >= 0.6 is 0 Å². The van der Waals surface area contributed by atoms with Gasteiger partial charge in [0, 0.05) is 5.56 Å². The van der Waals surface area contributed by atoms with E-state index in [0.29, 0.717) is 5.56 Å². The summed E-state index contributed by atoms with van der Waals surface area (Å²) in [6.45, 7) is 2.23. The van der Waals surface area contributed by atoms with Crippen molar-refractivity contribution < 1.29 is 9.13 Å². The Balaban J connectivity index is 2.32. The normalized spacial score (nSPS) is 20.4. The molecule has 0 saturated heterocycles. The molecule has 0 fully saturated rings. The number of halogens is 1. The van der Waals surface area contributed by atoms with Crippen LogP contribution in [0.4, 0.5) is 4.39 Å². The minimum Gasteiger partial charge on any atom is -0.497 e. The van der Waals surface area contributed by atoms with Gasteiger partial charge in [-0.2, -0.15) is 0 Å². The van der Waals surface area contributed by atoms with Gasteiger partial charge in [-0.1, -0.05) is 13.0 Å². The Labute approximate surface area is 95.9 Å². The Hall–Kier alpha value is -1.31. The van der Waals surface area contributed by atoms with Crippen LogP contribution in [0, 0.1) is 11.7 Å². The van der Waals surface area contributed by atoms with Crippen LogP contribution in [0.5, 0.6) is 5.75 Å². The van der Waals surface area contributed by atoms with Crippen LogP contribution in [0.3, 0.4) is 0 Å². The van der Waals surface area contributed by atoms with Gasteiger partial charge in [-0.15, -0.1) is 0 Å². The number of allylic oxidation sites excluding steroid dienone is 2. The fourth-order valence-corrected chi connectivity index (χ4v) is 2.09. The zero-order valence-electron chi connectivity index (χ0n) is 9.79. The summed E-state index contributed by atoms with van der Waals surface area (Å²) in [6.07, 6.45) is 5.31. The lowest BCUT2D eigenvalue weighted by Gasteiger charge is -2.19. The van der Waals surface area contributed by atoms with Gasteiger partial charge >= 0.3 is 0 Å². The highest BCUT2D eigenvalue weighted by Gasteiger charge is 2.15. The molecule has 0 aromatic heterocycles. The molecule has 2 rings (SSSR count). The van der Waals surface area contributed by atoms with E-state index in [1.807, 2.05) is 0 Å². The highest BCUT2D eigenvalue weighted by Crippen LogP contribution is 2.32. The summed E-state index contributed by atoms with van der Waals surface area (Å²) in [5.41, 5.74) is 1.82. The van der Waals surface area contributed by atoms with Crippen molar-refractivity contribution in [1.82, 2.24) is 0 Å². The molecular weight excluding hydrogens is 203 g/mol. The second kappa shape index (κ2) is 4.69. The van der Waals surface area contributed by atoms with E-state index in [9.17, 15) is 4.39 Å². The van der Waals surface area contributed by atoms with Crippen molar-refractivity contribution in [3.05, 3.63) is 35.7 Å². The molecule has 0 amide bonds. The molecule has 86 valence electrons. The van der Waals surface area contributed by atoms with Crippen LogP contribution < -0.4 is 4.74 Å². The van der Waals surface area contributed by atoms with Crippen molar-refractivity contribution in [2.45, 2.75) is 26.2 Å². The molecule has 1 atom stereocenters. The molecule has 0 radical (unpaired) electrons. The lowest BCUT2D eigenvalue weighted by atomic mass is 9.87. The van der Waals surface area contributed by atoms with Crippen molar-refractivity contribution in [2.75, 3.05) is 7.11 Å². The third-order valence-electron chi connectivity index (χ3n) is 3.19. The Kier molecular flexibility index (Phi) is 3.28. The number of hydrogen-bond donors (Lipinski definition) is 0. The van der Waals surface area contributed by atoms with Crippen molar-refractivity contribution in [3.8, 4) is 5.75 Å². The zero-order chi connectivity index (χ0) is 11.5. The SMILES string of the molecule is COc1ccc(F)c(C2=CCC(C)CC2)c1. The van der Waals surface area contributed by atoms with E-state index >= 15 is 0 Å². The maximum Gasteiger partial charge on any atom is 0.130 e. The topological polar surface area (TPSA) is 9.23 Å². The third kappa shape index (κ3) is 2.26. The molecule has 16 heavy (non-hydrogen) atoms. The molecule has 1 aliphatic rings. The maximum atomic E-state index is 13.7. The van der Waals surface area contributed by atoms with Crippen molar-refractivity contribution >= 4 is 5.57 Å². The minimum absolute atomic E-state index is 0.151. The van der Waals surface area contributed by atoms with Crippen molar-refractivity contribution in [1.29, 1.82) is 0 Å². The fourth-order valence-electron chi connectivity index (χ4n) is 2.09. The number of methoxy groups -OCH3 is 1. The second-order valence-electron chi connectivity index (χ2n) is 4.45.